The van der Waals surface area contributed by atoms with E-state index in [0.717, 1.165) is 22.0 Å². The fraction of sp³-hybridized carbons (Fsp3) is 0.150. The van der Waals surface area contributed by atoms with E-state index in [1.165, 1.54) is 18.4 Å². The summed E-state index contributed by atoms with van der Waals surface area (Å²) in [6.45, 7) is 0.323. The lowest BCUT2D eigenvalue weighted by Gasteiger charge is -2.19. The van der Waals surface area contributed by atoms with Crippen molar-refractivity contribution >= 4 is 32.4 Å². The van der Waals surface area contributed by atoms with Crippen molar-refractivity contribution in [2.75, 3.05) is 19.0 Å². The van der Waals surface area contributed by atoms with Gasteiger partial charge in [0.15, 0.2) is 0 Å². The lowest BCUT2D eigenvalue weighted by Crippen LogP contribution is -2.26. The molecule has 0 bridgehead atoms. The third-order valence-corrected chi connectivity index (χ3v) is 6.48. The maximum Gasteiger partial charge on any atom is 0.259 e. The van der Waals surface area contributed by atoms with Crippen LogP contribution in [0, 0.1) is 0 Å². The molecule has 5 nitrogen and oxygen atoms in total. The molecule has 1 heterocycles. The number of carbonyl (C=O) groups is 1. The molecule has 26 heavy (non-hydrogen) atoms. The van der Waals surface area contributed by atoms with E-state index in [9.17, 15) is 13.2 Å². The summed E-state index contributed by atoms with van der Waals surface area (Å²) in [4.78, 5) is 14.8. The molecular formula is C20H18N2O3S. The number of rotatable bonds is 4. The van der Waals surface area contributed by atoms with Gasteiger partial charge in [0.2, 0.25) is 10.0 Å². The molecule has 3 aromatic carbocycles. The van der Waals surface area contributed by atoms with Crippen LogP contribution < -0.4 is 4.90 Å². The zero-order valence-electron chi connectivity index (χ0n) is 14.5. The summed E-state index contributed by atoms with van der Waals surface area (Å²) >= 11 is 0. The number of carbonyl (C=O) groups excluding carboxylic acids is 1. The number of hydrogen-bond acceptors (Lipinski definition) is 3. The molecule has 4 rings (SSSR count). The fourth-order valence-corrected chi connectivity index (χ4v) is 4.31. The Balaban J connectivity index is 1.74. The normalized spacial score (nSPS) is 13.8. The molecule has 6 heteroatoms. The van der Waals surface area contributed by atoms with E-state index in [1.807, 2.05) is 42.5 Å². The van der Waals surface area contributed by atoms with Crippen LogP contribution in [0.4, 0.5) is 5.69 Å². The number of hydrogen-bond donors (Lipinski definition) is 0. The summed E-state index contributed by atoms with van der Waals surface area (Å²) in [7, 11) is -0.504. The van der Waals surface area contributed by atoms with Crippen LogP contribution in [0.25, 0.3) is 10.8 Å². The van der Waals surface area contributed by atoms with Gasteiger partial charge in [-0.3, -0.25) is 4.79 Å². The number of sulfonamides is 1. The van der Waals surface area contributed by atoms with Crippen LogP contribution in [0.5, 0.6) is 0 Å². The first-order valence-electron chi connectivity index (χ1n) is 8.24. The largest absolute Gasteiger partial charge is 0.303 e. The van der Waals surface area contributed by atoms with Gasteiger partial charge in [-0.1, -0.05) is 36.4 Å². The monoisotopic (exact) mass is 366 g/mol. The second-order valence-electron chi connectivity index (χ2n) is 6.51. The standard InChI is InChI=1S/C20H18N2O3S/c1-21(2)26(24,25)16-9-3-6-14(12-16)13-22-18-11-5-8-15-7-4-10-17(19(15)18)20(22)23/h3-12H,13H2,1-2H3. The highest BCUT2D eigenvalue weighted by Crippen LogP contribution is 2.38. The first-order valence-corrected chi connectivity index (χ1v) is 9.69. The molecule has 0 radical (unpaired) electrons. The molecule has 0 unspecified atom stereocenters. The van der Waals surface area contributed by atoms with Crippen molar-refractivity contribution in [3.63, 3.8) is 0 Å². The zero-order valence-corrected chi connectivity index (χ0v) is 15.3. The molecule has 0 saturated heterocycles. The minimum absolute atomic E-state index is 0.0577. The number of nitrogens with zero attached hydrogens (tertiary/aromatic N) is 2. The summed E-state index contributed by atoms with van der Waals surface area (Å²) in [6, 6.07) is 18.3. The predicted molar refractivity (Wildman–Crippen MR) is 102 cm³/mol. The van der Waals surface area contributed by atoms with Crippen LogP contribution in [-0.4, -0.2) is 32.7 Å². The molecule has 132 valence electrons. The summed E-state index contributed by atoms with van der Waals surface area (Å²) in [5.41, 5.74) is 2.32. The Kier molecular flexibility index (Phi) is 3.82. The third-order valence-electron chi connectivity index (χ3n) is 4.67. The maximum absolute atomic E-state index is 12.9. The second-order valence-corrected chi connectivity index (χ2v) is 8.66. The van der Waals surface area contributed by atoms with Crippen LogP contribution in [-0.2, 0) is 16.6 Å². The van der Waals surface area contributed by atoms with Gasteiger partial charge >= 0.3 is 0 Å². The summed E-state index contributed by atoms with van der Waals surface area (Å²) < 4.78 is 25.9. The molecule has 0 N–H and O–H groups in total. The molecule has 0 fully saturated rings. The highest BCUT2D eigenvalue weighted by molar-refractivity contribution is 7.89. The molecule has 0 spiro atoms. The predicted octanol–water partition coefficient (Wildman–Crippen LogP) is 3.25. The second kappa shape index (κ2) is 5.93. The van der Waals surface area contributed by atoms with E-state index in [0.29, 0.717) is 12.1 Å². The number of benzene rings is 3. The van der Waals surface area contributed by atoms with E-state index < -0.39 is 10.0 Å². The third kappa shape index (κ3) is 2.50. The van der Waals surface area contributed by atoms with Crippen molar-refractivity contribution in [3.8, 4) is 0 Å². The lowest BCUT2D eigenvalue weighted by molar-refractivity contribution is 0.0991. The van der Waals surface area contributed by atoms with E-state index >= 15 is 0 Å². The minimum atomic E-state index is -3.51. The Labute approximate surface area is 152 Å². The first-order chi connectivity index (χ1) is 12.4. The molecule has 0 aliphatic carbocycles. The van der Waals surface area contributed by atoms with Crippen LogP contribution in [0.2, 0.25) is 0 Å². The van der Waals surface area contributed by atoms with Gasteiger partial charge in [0, 0.05) is 25.0 Å². The van der Waals surface area contributed by atoms with Gasteiger partial charge in [0.25, 0.3) is 5.91 Å². The van der Waals surface area contributed by atoms with Gasteiger partial charge in [-0.15, -0.1) is 0 Å². The Hall–Kier alpha value is -2.70. The van der Waals surface area contributed by atoms with Crippen molar-refractivity contribution in [2.24, 2.45) is 0 Å². The van der Waals surface area contributed by atoms with Crippen LogP contribution in [0.1, 0.15) is 15.9 Å². The number of anilines is 1. The van der Waals surface area contributed by atoms with Crippen molar-refractivity contribution < 1.29 is 13.2 Å². The fourth-order valence-electron chi connectivity index (χ4n) is 3.33. The summed E-state index contributed by atoms with van der Waals surface area (Å²) in [6.07, 6.45) is 0. The molecular weight excluding hydrogens is 348 g/mol. The Morgan fingerprint density at radius 3 is 2.38 bits per heavy atom. The van der Waals surface area contributed by atoms with E-state index in [4.69, 9.17) is 0 Å². The first kappa shape index (κ1) is 16.8. The van der Waals surface area contributed by atoms with Gasteiger partial charge < -0.3 is 4.90 Å². The van der Waals surface area contributed by atoms with E-state index in [1.54, 1.807) is 23.1 Å². The van der Waals surface area contributed by atoms with Gasteiger partial charge in [0.05, 0.1) is 17.1 Å². The maximum atomic E-state index is 12.9. The molecule has 3 aromatic rings. The van der Waals surface area contributed by atoms with E-state index in [2.05, 4.69) is 0 Å². The van der Waals surface area contributed by atoms with Crippen LogP contribution in [0.3, 0.4) is 0 Å². The summed E-state index contributed by atoms with van der Waals surface area (Å²) in [5, 5.41) is 1.98. The smallest absolute Gasteiger partial charge is 0.259 e. The van der Waals surface area contributed by atoms with Crippen LogP contribution in [0.15, 0.2) is 65.6 Å². The van der Waals surface area contributed by atoms with Crippen molar-refractivity contribution in [1.82, 2.24) is 4.31 Å². The average molecular weight is 366 g/mol. The quantitative estimate of drug-likeness (QED) is 0.712. The van der Waals surface area contributed by atoms with Crippen molar-refractivity contribution in [2.45, 2.75) is 11.4 Å². The topological polar surface area (TPSA) is 57.7 Å². The highest BCUT2D eigenvalue weighted by Gasteiger charge is 2.29. The average Bonchev–Trinajstić information content (AvgIpc) is 2.90. The van der Waals surface area contributed by atoms with Crippen molar-refractivity contribution in [3.05, 3.63) is 71.8 Å². The lowest BCUT2D eigenvalue weighted by atomic mass is 10.1. The number of amides is 1. The molecule has 0 aromatic heterocycles. The molecule has 1 aliphatic rings. The van der Waals surface area contributed by atoms with E-state index in [-0.39, 0.29) is 10.8 Å². The Morgan fingerprint density at radius 1 is 0.962 bits per heavy atom. The van der Waals surface area contributed by atoms with Gasteiger partial charge in [0.1, 0.15) is 0 Å². The highest BCUT2D eigenvalue weighted by atomic mass is 32.2. The Bertz CT molecular complexity index is 1130. The molecule has 0 saturated carbocycles. The van der Waals surface area contributed by atoms with Crippen molar-refractivity contribution in [1.29, 1.82) is 0 Å². The van der Waals surface area contributed by atoms with Gasteiger partial charge in [-0.05, 0) is 35.2 Å². The van der Waals surface area contributed by atoms with Crippen LogP contribution >= 0.6 is 0 Å². The van der Waals surface area contributed by atoms with Gasteiger partial charge in [-0.25, -0.2) is 12.7 Å². The van der Waals surface area contributed by atoms with Gasteiger partial charge in [-0.2, -0.15) is 0 Å². The molecule has 1 amide bonds. The minimum Gasteiger partial charge on any atom is -0.303 e. The SMILES string of the molecule is CN(C)S(=O)(=O)c1cccc(CN2C(=O)c3cccc4cccc2c34)c1. The summed E-state index contributed by atoms with van der Waals surface area (Å²) in [5.74, 6) is -0.0577. The molecule has 0 atom stereocenters. The zero-order chi connectivity index (χ0) is 18.5. The molecule has 1 aliphatic heterocycles. The Morgan fingerprint density at radius 2 is 1.65 bits per heavy atom.